The van der Waals surface area contributed by atoms with Crippen molar-refractivity contribution in [2.24, 2.45) is 0 Å². The van der Waals surface area contributed by atoms with Crippen molar-refractivity contribution < 1.29 is 32.9 Å². The van der Waals surface area contributed by atoms with Gasteiger partial charge in [-0.1, -0.05) is 0 Å². The molecule has 3 heteroatoms. The van der Waals surface area contributed by atoms with Gasteiger partial charge in [-0.15, -0.1) is 0 Å². The van der Waals surface area contributed by atoms with Gasteiger partial charge in [-0.05, 0) is 26.0 Å². The Kier molecular flexibility index (Phi) is 3.24. The van der Waals surface area contributed by atoms with Crippen LogP contribution in [0.4, 0.5) is 10.1 Å². The summed E-state index contributed by atoms with van der Waals surface area (Å²) < 4.78 is 15.3. The molecule has 82 valence electrons. The van der Waals surface area contributed by atoms with Crippen LogP contribution >= 0.6 is 0 Å². The lowest BCUT2D eigenvalue weighted by Crippen LogP contribution is -3.00. The van der Waals surface area contributed by atoms with Crippen molar-refractivity contribution in [2.45, 2.75) is 26.2 Å². The number of benzene rings is 1. The van der Waals surface area contributed by atoms with Crippen LogP contribution in [0.15, 0.2) is 18.2 Å². The maximum Gasteiger partial charge on any atom is 0.209 e. The molecule has 0 radical (unpaired) electrons. The minimum atomic E-state index is -0.153. The van der Waals surface area contributed by atoms with Crippen molar-refractivity contribution in [2.75, 3.05) is 7.05 Å². The van der Waals surface area contributed by atoms with Crippen LogP contribution in [-0.4, -0.2) is 17.3 Å². The Balaban J connectivity index is 0.00000112. The average Bonchev–Trinajstić information content (AvgIpc) is 2.29. The molecule has 2 rings (SSSR count). The molecule has 0 N–H and O–H groups in total. The number of rotatable bonds is 0. The van der Waals surface area contributed by atoms with Gasteiger partial charge in [-0.3, -0.25) is 0 Å². The van der Waals surface area contributed by atoms with Crippen LogP contribution < -0.4 is 24.0 Å². The Morgan fingerprint density at radius 2 is 1.87 bits per heavy atom. The Bertz CT molecular complexity index is 435. The first-order valence-corrected chi connectivity index (χ1v) is 4.82. The van der Waals surface area contributed by atoms with Crippen LogP contribution in [0.1, 0.15) is 26.3 Å². The summed E-state index contributed by atoms with van der Waals surface area (Å²) in [4.78, 5) is 0. The number of halogens is 2. The van der Waals surface area contributed by atoms with E-state index in [0.717, 1.165) is 11.3 Å². The molecule has 0 fully saturated rings. The highest BCUT2D eigenvalue weighted by atomic mass is 127. The van der Waals surface area contributed by atoms with E-state index in [2.05, 4.69) is 25.3 Å². The van der Waals surface area contributed by atoms with Gasteiger partial charge in [0.1, 0.15) is 12.9 Å². The summed E-state index contributed by atoms with van der Waals surface area (Å²) in [6.07, 6.45) is 0. The molecule has 1 heterocycles. The SMILES string of the molecule is CC1=[N+](C)c2ccc(F)cc2C1(C)C.[I-]. The highest BCUT2D eigenvalue weighted by Gasteiger charge is 2.41. The van der Waals surface area contributed by atoms with Gasteiger partial charge in [0.25, 0.3) is 0 Å². The Morgan fingerprint density at radius 3 is 2.47 bits per heavy atom. The van der Waals surface area contributed by atoms with Crippen molar-refractivity contribution in [1.29, 1.82) is 0 Å². The van der Waals surface area contributed by atoms with Gasteiger partial charge in [-0.25, -0.2) is 8.97 Å². The number of nitrogens with zero attached hydrogens (tertiary/aromatic N) is 1. The molecule has 15 heavy (non-hydrogen) atoms. The lowest BCUT2D eigenvalue weighted by Gasteiger charge is -2.14. The van der Waals surface area contributed by atoms with Gasteiger partial charge >= 0.3 is 0 Å². The summed E-state index contributed by atoms with van der Waals surface area (Å²) >= 11 is 0. The van der Waals surface area contributed by atoms with Crippen molar-refractivity contribution >= 4 is 11.4 Å². The molecular weight excluding hydrogens is 304 g/mol. The lowest BCUT2D eigenvalue weighted by atomic mass is 9.82. The summed E-state index contributed by atoms with van der Waals surface area (Å²) in [7, 11) is 2.03. The third-order valence-electron chi connectivity index (χ3n) is 3.40. The van der Waals surface area contributed by atoms with Gasteiger partial charge in [-0.2, -0.15) is 0 Å². The zero-order valence-corrected chi connectivity index (χ0v) is 11.6. The van der Waals surface area contributed by atoms with E-state index >= 15 is 0 Å². The molecule has 0 amide bonds. The quantitative estimate of drug-likeness (QED) is 0.462. The van der Waals surface area contributed by atoms with E-state index in [1.54, 1.807) is 6.07 Å². The second kappa shape index (κ2) is 3.85. The van der Waals surface area contributed by atoms with Crippen LogP contribution in [0.25, 0.3) is 0 Å². The predicted molar refractivity (Wildman–Crippen MR) is 56.0 cm³/mol. The molecule has 0 spiro atoms. The molecular formula is C12H15FIN. The molecule has 1 aliphatic heterocycles. The topological polar surface area (TPSA) is 3.01 Å². The van der Waals surface area contributed by atoms with Crippen molar-refractivity contribution in [3.63, 3.8) is 0 Å². The van der Waals surface area contributed by atoms with E-state index < -0.39 is 0 Å². The first kappa shape index (κ1) is 12.6. The summed E-state index contributed by atoms with van der Waals surface area (Å²) in [5.74, 6) is -0.153. The van der Waals surface area contributed by atoms with Crippen LogP contribution in [0.3, 0.4) is 0 Å². The molecule has 0 aromatic heterocycles. The molecule has 0 bridgehead atoms. The fourth-order valence-corrected chi connectivity index (χ4v) is 2.10. The van der Waals surface area contributed by atoms with Gasteiger partial charge in [0.2, 0.25) is 5.69 Å². The Hall–Kier alpha value is -0.450. The average molecular weight is 319 g/mol. The van der Waals surface area contributed by atoms with E-state index in [0.29, 0.717) is 0 Å². The van der Waals surface area contributed by atoms with E-state index in [4.69, 9.17) is 0 Å². The fraction of sp³-hybridized carbons (Fsp3) is 0.417. The second-order valence-corrected chi connectivity index (χ2v) is 4.43. The monoisotopic (exact) mass is 319 g/mol. The molecule has 0 aliphatic carbocycles. The lowest BCUT2D eigenvalue weighted by molar-refractivity contribution is -0.403. The van der Waals surface area contributed by atoms with Crippen LogP contribution in [0, 0.1) is 5.82 Å². The Labute approximate surface area is 107 Å². The second-order valence-electron chi connectivity index (χ2n) is 4.43. The molecule has 0 saturated heterocycles. The zero-order chi connectivity index (χ0) is 10.5. The summed E-state index contributed by atoms with van der Waals surface area (Å²) in [6, 6.07) is 5.01. The van der Waals surface area contributed by atoms with Gasteiger partial charge in [0.05, 0.1) is 5.41 Å². The van der Waals surface area contributed by atoms with Crippen molar-refractivity contribution in [1.82, 2.24) is 0 Å². The van der Waals surface area contributed by atoms with E-state index in [-0.39, 0.29) is 35.2 Å². The molecule has 0 atom stereocenters. The van der Waals surface area contributed by atoms with Crippen LogP contribution in [-0.2, 0) is 5.41 Å². The maximum absolute atomic E-state index is 13.1. The van der Waals surface area contributed by atoms with Gasteiger partial charge < -0.3 is 24.0 Å². The van der Waals surface area contributed by atoms with Crippen LogP contribution in [0.2, 0.25) is 0 Å². The smallest absolute Gasteiger partial charge is 0.209 e. The highest BCUT2D eigenvalue weighted by Crippen LogP contribution is 2.38. The first-order valence-electron chi connectivity index (χ1n) is 4.82. The molecule has 0 unspecified atom stereocenters. The predicted octanol–water partition coefficient (Wildman–Crippen LogP) is -0.144. The first-order chi connectivity index (χ1) is 6.44. The molecule has 1 nitrogen and oxygen atoms in total. The van der Waals surface area contributed by atoms with E-state index in [1.165, 1.54) is 11.8 Å². The summed E-state index contributed by atoms with van der Waals surface area (Å²) in [6.45, 7) is 6.35. The molecule has 1 aliphatic rings. The molecule has 1 aromatic rings. The number of fused-ring (bicyclic) bond motifs is 1. The minimum absolute atomic E-state index is 0. The minimum Gasteiger partial charge on any atom is -1.00 e. The fourth-order valence-electron chi connectivity index (χ4n) is 2.10. The summed E-state index contributed by atoms with van der Waals surface area (Å²) in [5.41, 5.74) is 3.41. The van der Waals surface area contributed by atoms with E-state index in [1.807, 2.05) is 13.1 Å². The normalized spacial score (nSPS) is 17.4. The number of hydrogen-bond acceptors (Lipinski definition) is 0. The summed E-state index contributed by atoms with van der Waals surface area (Å²) in [5, 5.41) is 0. The van der Waals surface area contributed by atoms with E-state index in [9.17, 15) is 4.39 Å². The van der Waals surface area contributed by atoms with Gasteiger partial charge in [0, 0.05) is 18.6 Å². The zero-order valence-electron chi connectivity index (χ0n) is 9.44. The highest BCUT2D eigenvalue weighted by molar-refractivity contribution is 5.93. The third kappa shape index (κ3) is 1.71. The standard InChI is InChI=1S/C12H15FN.HI/c1-8-12(2,3)10-7-9(13)5-6-11(10)14(8)4;/h5-7H,1-4H3;1H/q+1;/p-1. The molecule has 0 saturated carbocycles. The van der Waals surface area contributed by atoms with Crippen molar-refractivity contribution in [3.8, 4) is 0 Å². The third-order valence-corrected chi connectivity index (χ3v) is 3.40. The van der Waals surface area contributed by atoms with Crippen molar-refractivity contribution in [3.05, 3.63) is 29.6 Å². The van der Waals surface area contributed by atoms with Crippen LogP contribution in [0.5, 0.6) is 0 Å². The number of hydrogen-bond donors (Lipinski definition) is 0. The Morgan fingerprint density at radius 1 is 1.27 bits per heavy atom. The largest absolute Gasteiger partial charge is 1.00 e. The van der Waals surface area contributed by atoms with Gasteiger partial charge in [0.15, 0.2) is 5.71 Å². The maximum atomic E-state index is 13.1. The molecule has 1 aromatic carbocycles.